The van der Waals surface area contributed by atoms with Gasteiger partial charge in [0.05, 0.1) is 20.6 Å². The van der Waals surface area contributed by atoms with Gasteiger partial charge < -0.3 is 24.4 Å². The van der Waals surface area contributed by atoms with E-state index in [0.717, 1.165) is 12.8 Å². The van der Waals surface area contributed by atoms with Crippen molar-refractivity contribution in [2.45, 2.75) is 52.6 Å². The molecule has 2 N–H and O–H groups in total. The number of benzene rings is 2. The maximum atomic E-state index is 11.9. The minimum absolute atomic E-state index is 0.00662. The molecule has 1 atom stereocenters. The van der Waals surface area contributed by atoms with E-state index in [-0.39, 0.29) is 35.5 Å². The fraction of sp³-hybridized carbons (Fsp3) is 0.303. The summed E-state index contributed by atoms with van der Waals surface area (Å²) in [5.74, 6) is -0.343. The largest absolute Gasteiger partial charge is 0.504 e. The molecule has 1 unspecified atom stereocenters. The van der Waals surface area contributed by atoms with Crippen molar-refractivity contribution in [2.24, 2.45) is 0 Å². The third-order valence-electron chi connectivity index (χ3n) is 5.68. The van der Waals surface area contributed by atoms with Crippen LogP contribution in [0.5, 0.6) is 23.0 Å². The maximum Gasteiger partial charge on any atom is 0.303 e. The second-order valence-corrected chi connectivity index (χ2v) is 9.57. The minimum atomic E-state index is -0.530. The summed E-state index contributed by atoms with van der Waals surface area (Å²) in [4.78, 5) is 34.7. The van der Waals surface area contributed by atoms with Gasteiger partial charge in [0.15, 0.2) is 34.6 Å². The summed E-state index contributed by atoms with van der Waals surface area (Å²) in [5, 5.41) is 19.1. The van der Waals surface area contributed by atoms with Crippen LogP contribution in [-0.4, -0.2) is 47.6 Å². The molecule has 0 aliphatic heterocycles. The van der Waals surface area contributed by atoms with Crippen LogP contribution < -0.4 is 9.47 Å². The topological polar surface area (TPSA) is 119 Å². The van der Waals surface area contributed by atoms with E-state index in [1.807, 2.05) is 6.92 Å². The van der Waals surface area contributed by atoms with E-state index in [1.54, 1.807) is 42.5 Å². The Morgan fingerprint density at radius 2 is 1.32 bits per heavy atom. The van der Waals surface area contributed by atoms with Crippen LogP contribution >= 0.6 is 0 Å². The average Bonchev–Trinajstić information content (AvgIpc) is 2.91. The van der Waals surface area contributed by atoms with Gasteiger partial charge in [-0.3, -0.25) is 14.4 Å². The van der Waals surface area contributed by atoms with Crippen molar-refractivity contribution in [3.8, 4) is 23.0 Å². The van der Waals surface area contributed by atoms with Crippen molar-refractivity contribution in [1.82, 2.24) is 0 Å². The van der Waals surface area contributed by atoms with Gasteiger partial charge >= 0.3 is 5.97 Å². The van der Waals surface area contributed by atoms with E-state index in [2.05, 4.69) is 26.5 Å². The Kier molecular flexibility index (Phi) is 14.4. The normalized spacial score (nSPS) is 12.0. The zero-order chi connectivity index (χ0) is 31.0. The lowest BCUT2D eigenvalue weighted by molar-refractivity contribution is -0.151. The summed E-state index contributed by atoms with van der Waals surface area (Å²) in [7, 11) is 2.87. The summed E-state index contributed by atoms with van der Waals surface area (Å²) in [5.41, 5.74) is 2.08. The van der Waals surface area contributed by atoms with E-state index < -0.39 is 5.60 Å². The fourth-order valence-electron chi connectivity index (χ4n) is 3.43. The molecule has 0 aliphatic carbocycles. The molecule has 0 radical (unpaired) electrons. The summed E-state index contributed by atoms with van der Waals surface area (Å²) in [6.07, 6.45) is 10.9. The van der Waals surface area contributed by atoms with Crippen molar-refractivity contribution in [3.05, 3.63) is 84.0 Å². The van der Waals surface area contributed by atoms with Gasteiger partial charge in [0.1, 0.15) is 5.60 Å². The molecule has 0 heterocycles. The van der Waals surface area contributed by atoms with Crippen molar-refractivity contribution in [1.29, 1.82) is 0 Å². The molecule has 8 heteroatoms. The molecule has 0 spiro atoms. The van der Waals surface area contributed by atoms with Crippen LogP contribution in [0.25, 0.3) is 12.2 Å². The summed E-state index contributed by atoms with van der Waals surface area (Å²) in [6, 6.07) is 9.34. The van der Waals surface area contributed by atoms with Gasteiger partial charge in [0, 0.05) is 6.92 Å². The van der Waals surface area contributed by atoms with Gasteiger partial charge in [0.25, 0.3) is 0 Å². The maximum absolute atomic E-state index is 11.9. The van der Waals surface area contributed by atoms with Gasteiger partial charge in [-0.25, -0.2) is 0 Å². The van der Waals surface area contributed by atoms with Gasteiger partial charge in [-0.05, 0) is 87.2 Å². The third kappa shape index (κ3) is 13.4. The van der Waals surface area contributed by atoms with E-state index in [4.69, 9.17) is 14.2 Å². The van der Waals surface area contributed by atoms with Gasteiger partial charge in [-0.1, -0.05) is 42.5 Å². The molecule has 0 aliphatic rings. The molecule has 2 rings (SSSR count). The van der Waals surface area contributed by atoms with E-state index in [0.29, 0.717) is 22.6 Å². The van der Waals surface area contributed by atoms with Crippen LogP contribution in [-0.2, 0) is 19.1 Å². The molecule has 0 fully saturated rings. The number of methoxy groups -OCH3 is 2. The lowest BCUT2D eigenvalue weighted by Gasteiger charge is -2.24. The van der Waals surface area contributed by atoms with Crippen molar-refractivity contribution >= 4 is 29.7 Å². The summed E-state index contributed by atoms with van der Waals surface area (Å²) in [6.45, 7) is 11.1. The first-order valence-electron chi connectivity index (χ1n) is 12.9. The Balaban J connectivity index is 0.000000509. The number of carbonyl (C=O) groups excluding carboxylic acids is 3. The lowest BCUT2D eigenvalue weighted by atomic mass is 9.99. The number of allylic oxidation sites excluding steroid dienone is 4. The molecule has 220 valence electrons. The van der Waals surface area contributed by atoms with Crippen LogP contribution in [0.2, 0.25) is 0 Å². The fourth-order valence-corrected chi connectivity index (χ4v) is 3.43. The molecular formula is C33H40O8. The van der Waals surface area contributed by atoms with Crippen LogP contribution in [0.1, 0.15) is 58.1 Å². The molecule has 0 amide bonds. The van der Waals surface area contributed by atoms with Crippen LogP contribution in [0.15, 0.2) is 72.9 Å². The molecule has 2 aromatic rings. The number of phenols is 2. The average molecular weight is 565 g/mol. The molecule has 0 saturated heterocycles. The Bertz CT molecular complexity index is 1220. The van der Waals surface area contributed by atoms with Crippen LogP contribution in [0.3, 0.4) is 0 Å². The number of carbonyl (C=O) groups is 3. The zero-order valence-corrected chi connectivity index (χ0v) is 24.6. The minimum Gasteiger partial charge on any atom is -0.504 e. The second kappa shape index (κ2) is 17.2. The zero-order valence-electron chi connectivity index (χ0n) is 24.6. The molecule has 0 saturated carbocycles. The first-order valence-corrected chi connectivity index (χ1v) is 12.9. The number of aromatic hydroxyl groups is 2. The highest BCUT2D eigenvalue weighted by molar-refractivity contribution is 6.10. The molecule has 0 aromatic heterocycles. The predicted octanol–water partition coefficient (Wildman–Crippen LogP) is 6.61. The standard InChI is InChI=1S/C21H20O6.C12H20O2/c1-26-20-11-14(5-9-18(20)24)3-7-16(22)13-17(23)8-4-15-6-10-19(25)21(12-15)27-2;1-6-12(5,14-11(4)13)9-7-8-10(2)3/h3-12,24-25H,13H2,1-2H3;6,8H,1,7,9H2,2-5H3/b7-3+,8-4+;. The van der Waals surface area contributed by atoms with Crippen LogP contribution in [0, 0.1) is 0 Å². The highest BCUT2D eigenvalue weighted by Gasteiger charge is 2.22. The van der Waals surface area contributed by atoms with Gasteiger partial charge in [-0.15, -0.1) is 0 Å². The number of hydrogen-bond acceptors (Lipinski definition) is 8. The van der Waals surface area contributed by atoms with Gasteiger partial charge in [-0.2, -0.15) is 0 Å². The third-order valence-corrected chi connectivity index (χ3v) is 5.68. The molecule has 2 aromatic carbocycles. The monoisotopic (exact) mass is 564 g/mol. The Morgan fingerprint density at radius 1 is 0.854 bits per heavy atom. The highest BCUT2D eigenvalue weighted by Crippen LogP contribution is 2.27. The van der Waals surface area contributed by atoms with E-state index in [9.17, 15) is 24.6 Å². The SMILES string of the molecule is C=CC(C)(CCC=C(C)C)OC(C)=O.COc1cc(/C=C/C(=O)CC(=O)/C=C/c2ccc(O)c(OC)c2)ccc1O. The predicted molar refractivity (Wildman–Crippen MR) is 161 cm³/mol. The quantitative estimate of drug-likeness (QED) is 0.121. The highest BCUT2D eigenvalue weighted by atomic mass is 16.6. The Labute approximate surface area is 242 Å². The Hall–Kier alpha value is -4.59. The van der Waals surface area contributed by atoms with Crippen molar-refractivity contribution in [2.75, 3.05) is 14.2 Å². The van der Waals surface area contributed by atoms with Gasteiger partial charge in [0.2, 0.25) is 0 Å². The lowest BCUT2D eigenvalue weighted by Crippen LogP contribution is -2.27. The van der Waals surface area contributed by atoms with E-state index >= 15 is 0 Å². The number of ether oxygens (including phenoxy) is 3. The number of ketones is 2. The number of hydrogen-bond donors (Lipinski definition) is 2. The number of phenolic OH excluding ortho intramolecular Hbond substituents is 2. The van der Waals surface area contributed by atoms with Crippen molar-refractivity contribution in [3.63, 3.8) is 0 Å². The number of esters is 1. The second-order valence-electron chi connectivity index (χ2n) is 9.57. The van der Waals surface area contributed by atoms with Crippen LogP contribution in [0.4, 0.5) is 0 Å². The Morgan fingerprint density at radius 3 is 1.68 bits per heavy atom. The first kappa shape index (κ1) is 34.4. The molecular weight excluding hydrogens is 524 g/mol. The number of rotatable bonds is 13. The summed E-state index contributed by atoms with van der Waals surface area (Å²) < 4.78 is 15.2. The first-order chi connectivity index (χ1) is 19.3. The molecule has 41 heavy (non-hydrogen) atoms. The van der Waals surface area contributed by atoms with Crippen molar-refractivity contribution < 1.29 is 38.8 Å². The molecule has 8 nitrogen and oxygen atoms in total. The molecule has 0 bridgehead atoms. The van der Waals surface area contributed by atoms with E-state index in [1.165, 1.54) is 51.0 Å². The summed E-state index contributed by atoms with van der Waals surface area (Å²) >= 11 is 0. The smallest absolute Gasteiger partial charge is 0.303 e.